The van der Waals surface area contributed by atoms with Crippen molar-refractivity contribution in [3.8, 4) is 5.75 Å². The third-order valence-electron chi connectivity index (χ3n) is 4.40. The van der Waals surface area contributed by atoms with Crippen LogP contribution in [-0.4, -0.2) is 30.5 Å². The maximum absolute atomic E-state index is 12.2. The second kappa shape index (κ2) is 8.69. The first-order valence-electron chi connectivity index (χ1n) is 9.54. The molecule has 4 aromatic rings. The molecule has 8 heteroatoms. The minimum absolute atomic E-state index is 0.00683. The number of benzene rings is 1. The van der Waals surface area contributed by atoms with Crippen molar-refractivity contribution in [2.75, 3.05) is 0 Å². The summed E-state index contributed by atoms with van der Waals surface area (Å²) in [6, 6.07) is 15.0. The molecule has 0 amide bonds. The van der Waals surface area contributed by atoms with Crippen molar-refractivity contribution in [1.29, 1.82) is 0 Å². The average molecular weight is 403 g/mol. The van der Waals surface area contributed by atoms with Gasteiger partial charge in [0.25, 0.3) is 5.78 Å². The van der Waals surface area contributed by atoms with Crippen molar-refractivity contribution < 1.29 is 14.3 Å². The maximum Gasteiger partial charge on any atom is 0.313 e. The summed E-state index contributed by atoms with van der Waals surface area (Å²) in [5.74, 6) is 1.20. The minimum Gasteiger partial charge on any atom is -0.487 e. The second-order valence-electron chi connectivity index (χ2n) is 6.87. The Morgan fingerprint density at radius 3 is 2.63 bits per heavy atom. The number of aryl methyl sites for hydroxylation is 2. The van der Waals surface area contributed by atoms with Gasteiger partial charge in [-0.25, -0.2) is 9.50 Å². The summed E-state index contributed by atoms with van der Waals surface area (Å²) in [7, 11) is 0. The molecule has 0 aliphatic carbocycles. The van der Waals surface area contributed by atoms with Crippen LogP contribution in [-0.2, 0) is 29.2 Å². The van der Waals surface area contributed by atoms with Gasteiger partial charge in [-0.1, -0.05) is 18.2 Å². The van der Waals surface area contributed by atoms with Gasteiger partial charge in [-0.3, -0.25) is 9.78 Å². The van der Waals surface area contributed by atoms with E-state index in [0.717, 1.165) is 28.4 Å². The van der Waals surface area contributed by atoms with Crippen molar-refractivity contribution >= 4 is 11.7 Å². The Balaban J connectivity index is 1.29. The Labute approximate surface area is 173 Å². The summed E-state index contributed by atoms with van der Waals surface area (Å²) in [6.45, 7) is 4.38. The zero-order valence-corrected chi connectivity index (χ0v) is 16.8. The monoisotopic (exact) mass is 403 g/mol. The molecule has 0 aliphatic heterocycles. The first-order chi connectivity index (χ1) is 14.6. The number of ether oxygens (including phenoxy) is 2. The van der Waals surface area contributed by atoms with Crippen LogP contribution < -0.4 is 4.74 Å². The summed E-state index contributed by atoms with van der Waals surface area (Å²) in [4.78, 5) is 25.0. The average Bonchev–Trinajstić information content (AvgIpc) is 3.15. The number of carbonyl (C=O) groups excluding carboxylic acids is 1. The van der Waals surface area contributed by atoms with Gasteiger partial charge in [-0.05, 0) is 49.7 Å². The maximum atomic E-state index is 12.2. The third kappa shape index (κ3) is 4.78. The van der Waals surface area contributed by atoms with Gasteiger partial charge in [0.05, 0.1) is 5.69 Å². The van der Waals surface area contributed by atoms with Crippen molar-refractivity contribution in [3.63, 3.8) is 0 Å². The summed E-state index contributed by atoms with van der Waals surface area (Å²) < 4.78 is 12.7. The normalized spacial score (nSPS) is 10.9. The van der Waals surface area contributed by atoms with E-state index in [2.05, 4.69) is 20.1 Å². The molecule has 0 saturated carbocycles. The molecule has 0 radical (unpaired) electrons. The largest absolute Gasteiger partial charge is 0.487 e. The van der Waals surface area contributed by atoms with E-state index in [-0.39, 0.29) is 13.0 Å². The standard InChI is InChI=1S/C22H21N5O3/c1-15-11-16(2)27-22(24-15)25-20(26-27)12-21(28)30-13-17-6-8-19(9-7-17)29-14-18-5-3-4-10-23-18/h3-11H,12-14H2,1-2H3. The molecule has 0 saturated heterocycles. The molecule has 0 unspecified atom stereocenters. The highest BCUT2D eigenvalue weighted by molar-refractivity contribution is 5.71. The van der Waals surface area contributed by atoms with Gasteiger partial charge in [-0.15, -0.1) is 5.10 Å². The number of fused-ring (bicyclic) bond motifs is 1. The number of aromatic nitrogens is 5. The zero-order chi connectivity index (χ0) is 20.9. The van der Waals surface area contributed by atoms with Crippen LogP contribution in [0, 0.1) is 13.8 Å². The lowest BCUT2D eigenvalue weighted by atomic mass is 10.2. The molecular formula is C22H21N5O3. The molecule has 3 aromatic heterocycles. The number of carbonyl (C=O) groups is 1. The number of hydrogen-bond acceptors (Lipinski definition) is 7. The van der Waals surface area contributed by atoms with E-state index in [1.807, 2.05) is 62.4 Å². The Morgan fingerprint density at radius 2 is 1.87 bits per heavy atom. The number of nitrogens with zero attached hydrogens (tertiary/aromatic N) is 5. The van der Waals surface area contributed by atoms with Gasteiger partial charge >= 0.3 is 5.97 Å². The van der Waals surface area contributed by atoms with Crippen LogP contribution in [0.3, 0.4) is 0 Å². The molecular weight excluding hydrogens is 382 g/mol. The van der Waals surface area contributed by atoms with E-state index in [4.69, 9.17) is 9.47 Å². The van der Waals surface area contributed by atoms with Crippen LogP contribution in [0.15, 0.2) is 54.7 Å². The van der Waals surface area contributed by atoms with Crippen molar-refractivity contribution in [1.82, 2.24) is 24.6 Å². The van der Waals surface area contributed by atoms with Gasteiger partial charge in [0.1, 0.15) is 25.4 Å². The molecule has 8 nitrogen and oxygen atoms in total. The van der Waals surface area contributed by atoms with E-state index >= 15 is 0 Å². The van der Waals surface area contributed by atoms with Crippen LogP contribution in [0.4, 0.5) is 0 Å². The molecule has 152 valence electrons. The molecule has 0 atom stereocenters. The number of esters is 1. The minimum atomic E-state index is -0.393. The van der Waals surface area contributed by atoms with Crippen LogP contribution in [0.25, 0.3) is 5.78 Å². The lowest BCUT2D eigenvalue weighted by molar-refractivity contribution is -0.144. The van der Waals surface area contributed by atoms with Gasteiger partial charge in [0.15, 0.2) is 5.82 Å². The number of hydrogen-bond donors (Lipinski definition) is 0. The second-order valence-corrected chi connectivity index (χ2v) is 6.87. The molecule has 0 bridgehead atoms. The third-order valence-corrected chi connectivity index (χ3v) is 4.40. The Morgan fingerprint density at radius 1 is 1.03 bits per heavy atom. The molecule has 30 heavy (non-hydrogen) atoms. The van der Waals surface area contributed by atoms with E-state index < -0.39 is 5.97 Å². The van der Waals surface area contributed by atoms with Crippen molar-refractivity contribution in [2.24, 2.45) is 0 Å². The predicted molar refractivity (Wildman–Crippen MR) is 109 cm³/mol. The van der Waals surface area contributed by atoms with Gasteiger partial charge in [0.2, 0.25) is 0 Å². The molecule has 4 rings (SSSR count). The quantitative estimate of drug-likeness (QED) is 0.438. The molecule has 0 spiro atoms. The summed E-state index contributed by atoms with van der Waals surface area (Å²) in [6.07, 6.45) is 1.73. The van der Waals surface area contributed by atoms with Gasteiger partial charge < -0.3 is 9.47 Å². The smallest absolute Gasteiger partial charge is 0.313 e. The van der Waals surface area contributed by atoms with Crippen LogP contribution in [0.5, 0.6) is 5.75 Å². The van der Waals surface area contributed by atoms with Crippen LogP contribution in [0.2, 0.25) is 0 Å². The highest BCUT2D eigenvalue weighted by Crippen LogP contribution is 2.15. The predicted octanol–water partition coefficient (Wildman–Crippen LogP) is 3.00. The molecule has 3 heterocycles. The summed E-state index contributed by atoms with van der Waals surface area (Å²) in [5, 5.41) is 4.33. The topological polar surface area (TPSA) is 91.5 Å². The summed E-state index contributed by atoms with van der Waals surface area (Å²) in [5.41, 5.74) is 3.49. The number of pyridine rings is 1. The molecule has 0 aliphatic rings. The Kier molecular flexibility index (Phi) is 5.65. The van der Waals surface area contributed by atoms with E-state index in [0.29, 0.717) is 18.2 Å². The highest BCUT2D eigenvalue weighted by atomic mass is 16.5. The van der Waals surface area contributed by atoms with Crippen LogP contribution in [0.1, 0.15) is 28.5 Å². The lowest BCUT2D eigenvalue weighted by Crippen LogP contribution is -2.09. The Hall–Kier alpha value is -3.81. The van der Waals surface area contributed by atoms with E-state index in [1.165, 1.54) is 0 Å². The van der Waals surface area contributed by atoms with Crippen molar-refractivity contribution in [2.45, 2.75) is 33.5 Å². The van der Waals surface area contributed by atoms with E-state index in [9.17, 15) is 4.79 Å². The van der Waals surface area contributed by atoms with Gasteiger partial charge in [-0.2, -0.15) is 4.98 Å². The fourth-order valence-electron chi connectivity index (χ4n) is 2.95. The SMILES string of the molecule is Cc1cc(C)n2nc(CC(=O)OCc3ccc(OCc4ccccn4)cc3)nc2n1. The molecule has 1 aromatic carbocycles. The van der Waals surface area contributed by atoms with Crippen molar-refractivity contribution in [3.05, 3.63) is 83.2 Å². The first kappa shape index (κ1) is 19.5. The van der Waals surface area contributed by atoms with Gasteiger partial charge in [0, 0.05) is 17.6 Å². The van der Waals surface area contributed by atoms with Crippen LogP contribution >= 0.6 is 0 Å². The zero-order valence-electron chi connectivity index (χ0n) is 16.8. The highest BCUT2D eigenvalue weighted by Gasteiger charge is 2.13. The first-order valence-corrected chi connectivity index (χ1v) is 9.54. The fourth-order valence-corrected chi connectivity index (χ4v) is 2.95. The summed E-state index contributed by atoms with van der Waals surface area (Å²) >= 11 is 0. The van der Waals surface area contributed by atoms with E-state index in [1.54, 1.807) is 10.7 Å². The molecule has 0 N–H and O–H groups in total. The lowest BCUT2D eigenvalue weighted by Gasteiger charge is -2.07. The number of rotatable bonds is 7. The molecule has 0 fully saturated rings. The Bertz CT molecular complexity index is 1160. The fraction of sp³-hybridized carbons (Fsp3) is 0.227.